The second-order valence-corrected chi connectivity index (χ2v) is 3.09. The van der Waals surface area contributed by atoms with Crippen LogP contribution in [0.25, 0.3) is 10.9 Å². The number of carbonyl (C=O) groups is 1. The summed E-state index contributed by atoms with van der Waals surface area (Å²) in [6, 6.07) is 8.85. The highest BCUT2D eigenvalue weighted by atomic mass is 16.5. The number of para-hydroxylation sites is 1. The van der Waals surface area contributed by atoms with E-state index >= 15 is 0 Å². The Balaban J connectivity index is 2.80. The lowest BCUT2D eigenvalue weighted by Crippen LogP contribution is -2.12. The van der Waals surface area contributed by atoms with Crippen LogP contribution in [-0.4, -0.2) is 18.0 Å². The highest BCUT2D eigenvalue weighted by Crippen LogP contribution is 2.21. The van der Waals surface area contributed by atoms with Crippen LogP contribution < -0.4 is 10.5 Å². The van der Waals surface area contributed by atoms with Gasteiger partial charge in [-0.2, -0.15) is 0 Å². The molecule has 2 aromatic rings. The molecule has 0 aliphatic rings. The van der Waals surface area contributed by atoms with Gasteiger partial charge in [0.2, 0.25) is 11.8 Å². The largest absolute Gasteiger partial charge is 0.481 e. The lowest BCUT2D eigenvalue weighted by atomic mass is 10.1. The molecule has 1 aromatic carbocycles. The van der Waals surface area contributed by atoms with E-state index < -0.39 is 5.91 Å². The number of primary amides is 1. The molecule has 0 fully saturated rings. The van der Waals surface area contributed by atoms with Gasteiger partial charge in [0, 0.05) is 11.5 Å². The smallest absolute Gasteiger partial charge is 0.249 e. The Morgan fingerprint density at radius 3 is 2.80 bits per heavy atom. The van der Waals surface area contributed by atoms with Gasteiger partial charge in [0.15, 0.2) is 0 Å². The average Bonchev–Trinajstić information content (AvgIpc) is 2.27. The van der Waals surface area contributed by atoms with Gasteiger partial charge in [-0.25, -0.2) is 4.98 Å². The van der Waals surface area contributed by atoms with Gasteiger partial charge in [0.25, 0.3) is 0 Å². The van der Waals surface area contributed by atoms with E-state index in [1.165, 1.54) is 7.11 Å². The van der Waals surface area contributed by atoms with Crippen LogP contribution in [0.4, 0.5) is 0 Å². The molecule has 4 heteroatoms. The molecule has 1 aromatic heterocycles. The first-order valence-electron chi connectivity index (χ1n) is 4.46. The SMILES string of the molecule is COc1cc(C(N)=O)c2ccccc2n1. The molecule has 0 radical (unpaired) electrons. The van der Waals surface area contributed by atoms with E-state index in [4.69, 9.17) is 10.5 Å². The zero-order valence-corrected chi connectivity index (χ0v) is 8.23. The number of rotatable bonds is 2. The van der Waals surface area contributed by atoms with Crippen molar-refractivity contribution in [1.29, 1.82) is 0 Å². The van der Waals surface area contributed by atoms with E-state index in [1.807, 2.05) is 24.3 Å². The maximum Gasteiger partial charge on any atom is 0.249 e. The van der Waals surface area contributed by atoms with Crippen LogP contribution in [0.2, 0.25) is 0 Å². The Kier molecular flexibility index (Phi) is 2.25. The van der Waals surface area contributed by atoms with Crippen LogP contribution in [0.5, 0.6) is 5.88 Å². The molecule has 76 valence electrons. The molecule has 1 amide bonds. The zero-order valence-electron chi connectivity index (χ0n) is 8.23. The summed E-state index contributed by atoms with van der Waals surface area (Å²) in [5.41, 5.74) is 6.41. The van der Waals surface area contributed by atoms with Crippen LogP contribution in [0.3, 0.4) is 0 Å². The van der Waals surface area contributed by atoms with E-state index in [0.717, 1.165) is 5.39 Å². The standard InChI is InChI=1S/C11H10N2O2/c1-15-10-6-8(11(12)14)7-4-2-3-5-9(7)13-10/h2-6H,1H3,(H2,12,14). The number of nitrogens with two attached hydrogens (primary N) is 1. The Morgan fingerprint density at radius 2 is 2.13 bits per heavy atom. The molecule has 0 atom stereocenters. The van der Waals surface area contributed by atoms with Gasteiger partial charge in [-0.15, -0.1) is 0 Å². The highest BCUT2D eigenvalue weighted by Gasteiger charge is 2.09. The van der Waals surface area contributed by atoms with Crippen molar-refractivity contribution in [3.8, 4) is 5.88 Å². The van der Waals surface area contributed by atoms with Crippen LogP contribution in [0.15, 0.2) is 30.3 Å². The van der Waals surface area contributed by atoms with Crippen molar-refractivity contribution in [3.05, 3.63) is 35.9 Å². The van der Waals surface area contributed by atoms with Gasteiger partial charge in [-0.3, -0.25) is 4.79 Å². The van der Waals surface area contributed by atoms with Gasteiger partial charge < -0.3 is 10.5 Å². The lowest BCUT2D eigenvalue weighted by Gasteiger charge is -2.05. The molecular weight excluding hydrogens is 192 g/mol. The molecule has 0 spiro atoms. The van der Waals surface area contributed by atoms with Crippen molar-refractivity contribution in [2.24, 2.45) is 5.73 Å². The molecule has 0 aliphatic carbocycles. The van der Waals surface area contributed by atoms with E-state index in [9.17, 15) is 4.79 Å². The van der Waals surface area contributed by atoms with Crippen LogP contribution >= 0.6 is 0 Å². The van der Waals surface area contributed by atoms with Crippen molar-refractivity contribution in [2.45, 2.75) is 0 Å². The first-order chi connectivity index (χ1) is 7.22. The predicted octanol–water partition coefficient (Wildman–Crippen LogP) is 1.34. The highest BCUT2D eigenvalue weighted by molar-refractivity contribution is 6.05. The van der Waals surface area contributed by atoms with Gasteiger partial charge in [-0.05, 0) is 6.07 Å². The number of ether oxygens (including phenoxy) is 1. The monoisotopic (exact) mass is 202 g/mol. The molecule has 0 bridgehead atoms. The zero-order chi connectivity index (χ0) is 10.8. The quantitative estimate of drug-likeness (QED) is 0.799. The van der Waals surface area contributed by atoms with Crippen LogP contribution in [0, 0.1) is 0 Å². The topological polar surface area (TPSA) is 65.2 Å². The number of pyridine rings is 1. The van der Waals surface area contributed by atoms with Gasteiger partial charge in [0.05, 0.1) is 18.2 Å². The summed E-state index contributed by atoms with van der Waals surface area (Å²) in [5, 5.41) is 0.741. The first-order valence-corrected chi connectivity index (χ1v) is 4.46. The molecule has 0 saturated carbocycles. The second kappa shape index (κ2) is 3.57. The van der Waals surface area contributed by atoms with Crippen molar-refractivity contribution in [1.82, 2.24) is 4.98 Å². The summed E-state index contributed by atoms with van der Waals surface area (Å²) in [6.07, 6.45) is 0. The molecule has 2 rings (SSSR count). The number of methoxy groups -OCH3 is 1. The van der Waals surface area contributed by atoms with Crippen molar-refractivity contribution < 1.29 is 9.53 Å². The third-order valence-electron chi connectivity index (χ3n) is 2.17. The van der Waals surface area contributed by atoms with E-state index in [1.54, 1.807) is 6.07 Å². The minimum absolute atomic E-state index is 0.391. The molecule has 0 unspecified atom stereocenters. The number of nitrogens with zero attached hydrogens (tertiary/aromatic N) is 1. The maximum atomic E-state index is 11.2. The average molecular weight is 202 g/mol. The minimum Gasteiger partial charge on any atom is -0.481 e. The molecule has 15 heavy (non-hydrogen) atoms. The summed E-state index contributed by atoms with van der Waals surface area (Å²) in [5.74, 6) is -0.0885. The number of hydrogen-bond acceptors (Lipinski definition) is 3. The van der Waals surface area contributed by atoms with Gasteiger partial charge in [-0.1, -0.05) is 18.2 Å². The summed E-state index contributed by atoms with van der Waals surface area (Å²) < 4.78 is 4.99. The molecule has 1 heterocycles. The van der Waals surface area contributed by atoms with Crippen LogP contribution in [-0.2, 0) is 0 Å². The van der Waals surface area contributed by atoms with E-state index in [0.29, 0.717) is 17.0 Å². The summed E-state index contributed by atoms with van der Waals surface area (Å²) >= 11 is 0. The maximum absolute atomic E-state index is 11.2. The molecule has 4 nitrogen and oxygen atoms in total. The molecule has 0 saturated heterocycles. The number of benzene rings is 1. The summed E-state index contributed by atoms with van der Waals surface area (Å²) in [7, 11) is 1.50. The Bertz CT molecular complexity index is 523. The first kappa shape index (κ1) is 9.45. The third kappa shape index (κ3) is 1.61. The Morgan fingerprint density at radius 1 is 1.40 bits per heavy atom. The van der Waals surface area contributed by atoms with E-state index in [2.05, 4.69) is 4.98 Å². The van der Waals surface area contributed by atoms with Crippen molar-refractivity contribution in [2.75, 3.05) is 7.11 Å². The number of fused-ring (bicyclic) bond motifs is 1. The fourth-order valence-corrected chi connectivity index (χ4v) is 1.46. The molecular formula is C11H10N2O2. The fourth-order valence-electron chi connectivity index (χ4n) is 1.46. The number of amides is 1. The van der Waals surface area contributed by atoms with Gasteiger partial charge in [0.1, 0.15) is 0 Å². The number of aromatic nitrogens is 1. The lowest BCUT2D eigenvalue weighted by molar-refractivity contribution is 0.100. The Hall–Kier alpha value is -2.10. The fraction of sp³-hybridized carbons (Fsp3) is 0.0909. The van der Waals surface area contributed by atoms with Gasteiger partial charge >= 0.3 is 0 Å². The van der Waals surface area contributed by atoms with Crippen molar-refractivity contribution >= 4 is 16.8 Å². The van der Waals surface area contributed by atoms with E-state index in [-0.39, 0.29) is 0 Å². The summed E-state index contributed by atoms with van der Waals surface area (Å²) in [4.78, 5) is 15.4. The normalized spacial score (nSPS) is 10.2. The number of carbonyl (C=O) groups excluding carboxylic acids is 1. The second-order valence-electron chi connectivity index (χ2n) is 3.09. The number of hydrogen-bond donors (Lipinski definition) is 1. The Labute approximate surface area is 86.7 Å². The summed E-state index contributed by atoms with van der Waals surface area (Å²) in [6.45, 7) is 0. The predicted molar refractivity (Wildman–Crippen MR) is 56.8 cm³/mol. The molecule has 0 aliphatic heterocycles. The van der Waals surface area contributed by atoms with Crippen molar-refractivity contribution in [3.63, 3.8) is 0 Å². The minimum atomic E-state index is -0.480. The third-order valence-corrected chi connectivity index (χ3v) is 2.17. The van der Waals surface area contributed by atoms with Crippen LogP contribution in [0.1, 0.15) is 10.4 Å². The molecule has 2 N–H and O–H groups in total.